The van der Waals surface area contributed by atoms with Gasteiger partial charge in [0.25, 0.3) is 0 Å². The van der Waals surface area contributed by atoms with E-state index in [0.29, 0.717) is 11.1 Å². The van der Waals surface area contributed by atoms with Crippen molar-refractivity contribution >= 4 is 70.0 Å². The Labute approximate surface area is 415 Å². The highest BCUT2D eigenvalue weighted by atomic mass is 16.3. The number of nitrogens with two attached hydrogens (primary N) is 4. The number of hydrogen-bond acceptors (Lipinski definition) is 13. The van der Waals surface area contributed by atoms with E-state index in [1.807, 2.05) is 18.2 Å². The largest absolute Gasteiger partial charge is 0.391 e. The summed E-state index contributed by atoms with van der Waals surface area (Å²) in [6, 6.07) is 4.10. The molecule has 0 spiro atoms. The summed E-state index contributed by atoms with van der Waals surface area (Å²) in [7, 11) is 0. The van der Waals surface area contributed by atoms with Crippen LogP contribution >= 0.6 is 0 Å². The van der Waals surface area contributed by atoms with Crippen molar-refractivity contribution in [1.82, 2.24) is 41.8 Å². The number of primary amides is 3. The third kappa shape index (κ3) is 16.6. The van der Waals surface area contributed by atoms with Crippen LogP contribution in [0.4, 0.5) is 0 Å². The van der Waals surface area contributed by atoms with Crippen molar-refractivity contribution in [3.05, 3.63) is 71.9 Å². The lowest BCUT2D eigenvalue weighted by Crippen LogP contribution is -2.63. The van der Waals surface area contributed by atoms with E-state index in [2.05, 4.69) is 36.9 Å². The summed E-state index contributed by atoms with van der Waals surface area (Å²) in [5.74, 6) is -9.11. The maximum Gasteiger partial charge on any atom is 0.248 e. The third-order valence-electron chi connectivity index (χ3n) is 12.0. The molecule has 1 fully saturated rings. The van der Waals surface area contributed by atoms with E-state index in [9.17, 15) is 58.2 Å². The number of carbonyl (C=O) groups is 10. The van der Waals surface area contributed by atoms with E-state index in [1.54, 1.807) is 56.4 Å². The number of carbonyl (C=O) groups excluding carboxylic acids is 10. The van der Waals surface area contributed by atoms with Gasteiger partial charge in [0.1, 0.15) is 42.3 Å². The summed E-state index contributed by atoms with van der Waals surface area (Å²) in [5.41, 5.74) is 24.2. The van der Waals surface area contributed by atoms with Crippen LogP contribution in [0, 0.1) is 5.92 Å². The molecule has 0 unspecified atom stereocenters. The van der Waals surface area contributed by atoms with E-state index in [0.717, 1.165) is 15.8 Å². The smallest absolute Gasteiger partial charge is 0.248 e. The first-order valence-corrected chi connectivity index (χ1v) is 23.7. The van der Waals surface area contributed by atoms with Crippen molar-refractivity contribution in [2.45, 2.75) is 140 Å². The van der Waals surface area contributed by atoms with Crippen LogP contribution in [-0.2, 0) is 60.8 Å². The van der Waals surface area contributed by atoms with Gasteiger partial charge in [0, 0.05) is 42.9 Å². The molecule has 392 valence electrons. The van der Waals surface area contributed by atoms with Gasteiger partial charge < -0.3 is 74.9 Å². The molecule has 1 saturated heterocycles. The molecule has 24 nitrogen and oxygen atoms in total. The molecule has 24 heteroatoms. The van der Waals surface area contributed by atoms with Crippen LogP contribution in [0.1, 0.15) is 77.3 Å². The van der Waals surface area contributed by atoms with Gasteiger partial charge in [-0.2, -0.15) is 0 Å². The lowest BCUT2D eigenvalue weighted by atomic mass is 10.0. The zero-order valence-electron chi connectivity index (χ0n) is 40.7. The first-order valence-electron chi connectivity index (χ1n) is 23.7. The predicted octanol–water partition coefficient (Wildman–Crippen LogP) is -3.39. The number of aromatic nitrogens is 1. The summed E-state index contributed by atoms with van der Waals surface area (Å²) in [6.45, 7) is 5.94. The molecule has 10 atom stereocenters. The lowest BCUT2D eigenvalue weighted by molar-refractivity contribution is -0.145. The number of aliphatic hydroxyl groups excluding tert-OH is 2. The van der Waals surface area contributed by atoms with Crippen molar-refractivity contribution in [3.8, 4) is 0 Å². The molecule has 2 aromatic carbocycles. The molecule has 1 aliphatic heterocycles. The molecule has 10 amide bonds. The molecule has 0 saturated carbocycles. The minimum atomic E-state index is -1.71. The fourth-order valence-electron chi connectivity index (χ4n) is 8.21. The Morgan fingerprint density at radius 1 is 0.667 bits per heavy atom. The van der Waals surface area contributed by atoms with Gasteiger partial charge >= 0.3 is 0 Å². The number of fused-ring (bicyclic) bond motifs is 1. The summed E-state index contributed by atoms with van der Waals surface area (Å²) >= 11 is 0. The average Bonchev–Trinajstić information content (AvgIpc) is 3.98. The summed E-state index contributed by atoms with van der Waals surface area (Å²) in [5, 5.41) is 37.4. The predicted molar refractivity (Wildman–Crippen MR) is 261 cm³/mol. The molecule has 72 heavy (non-hydrogen) atoms. The second-order valence-corrected chi connectivity index (χ2v) is 18.5. The van der Waals surface area contributed by atoms with E-state index in [-0.39, 0.29) is 57.4 Å². The van der Waals surface area contributed by atoms with Crippen LogP contribution in [-0.4, -0.2) is 146 Å². The zero-order valence-corrected chi connectivity index (χ0v) is 40.7. The number of hydrogen-bond donors (Lipinski definition) is 13. The zero-order chi connectivity index (χ0) is 53.4. The molecule has 0 bridgehead atoms. The summed E-state index contributed by atoms with van der Waals surface area (Å²) in [6.07, 6.45) is -2.26. The Bertz CT molecular complexity index is 2430. The number of benzene rings is 2. The van der Waals surface area contributed by atoms with Crippen molar-refractivity contribution in [3.63, 3.8) is 0 Å². The maximum atomic E-state index is 14.3. The van der Waals surface area contributed by atoms with Gasteiger partial charge in [0.2, 0.25) is 59.1 Å². The van der Waals surface area contributed by atoms with Crippen molar-refractivity contribution in [2.24, 2.45) is 28.9 Å². The molecular formula is C48H68N12O12. The fourth-order valence-corrected chi connectivity index (χ4v) is 8.21. The fraction of sp³-hybridized carbons (Fsp3) is 0.500. The third-order valence-corrected chi connectivity index (χ3v) is 12.0. The number of nitrogens with one attached hydrogen (secondary N) is 7. The van der Waals surface area contributed by atoms with Crippen LogP contribution in [0.25, 0.3) is 10.9 Å². The number of amides is 10. The van der Waals surface area contributed by atoms with E-state index in [1.165, 1.54) is 13.8 Å². The Morgan fingerprint density at radius 2 is 1.25 bits per heavy atom. The minimum Gasteiger partial charge on any atom is -0.391 e. The standard InChI is InChI=1S/C48H68N12O12/c1-24(2)19-33(55-42(66)30(49)16-17-37(50)63)44(68)58-39(25(3)61)47(71)57-34(20-27-11-6-5-7-12-27)45(69)59-40(26(4)62)48(72)60-18-10-15-36(60)46(70)56-35(22-38(51)64)43(67)54-32(41(52)65)21-28-23-53-31-14-9-8-13-29(28)31/h5-9,11-14,23-26,30,32-36,39-40,53,61-62H,10,15-22,49H2,1-4H3,(H2,50,63)(H2,51,64)(H2,52,65)(H,54,67)(H,55,66)(H,56,70)(H,57,71)(H,58,68)(H,59,69)/t25-,26-,30+,32+,33+,34+,35+,36+,39+,40+/m1/s1. The normalized spacial score (nSPS) is 17.2. The number of rotatable bonds is 27. The molecule has 0 aliphatic carbocycles. The second kappa shape index (κ2) is 26.7. The van der Waals surface area contributed by atoms with Crippen LogP contribution in [0.5, 0.6) is 0 Å². The van der Waals surface area contributed by atoms with E-state index in [4.69, 9.17) is 22.9 Å². The Hall–Kier alpha value is -7.44. The van der Waals surface area contributed by atoms with Gasteiger partial charge in [-0.15, -0.1) is 0 Å². The highest BCUT2D eigenvalue weighted by Crippen LogP contribution is 2.22. The Balaban J connectivity index is 1.51. The number of aliphatic hydroxyl groups is 2. The van der Waals surface area contributed by atoms with E-state index < -0.39 is 126 Å². The van der Waals surface area contributed by atoms with Crippen LogP contribution in [0.15, 0.2) is 60.8 Å². The SMILES string of the molecule is CC(C)C[C@H](NC(=O)[C@@H](N)CCC(N)=O)C(=O)N[C@H](C(=O)N[C@@H](Cc1ccccc1)C(=O)N[C@H](C(=O)N1CCC[C@H]1C(=O)N[C@@H](CC(N)=O)C(=O)N[C@@H](Cc1c[nH]c2ccccc12)C(N)=O)[C@@H](C)O)[C@@H](C)O. The molecule has 3 aromatic rings. The van der Waals surface area contributed by atoms with Gasteiger partial charge in [-0.05, 0) is 62.6 Å². The maximum absolute atomic E-state index is 14.3. The van der Waals surface area contributed by atoms with Gasteiger partial charge in [-0.3, -0.25) is 47.9 Å². The number of para-hydroxylation sites is 1. The number of aromatic amines is 1. The highest BCUT2D eigenvalue weighted by Gasteiger charge is 2.42. The summed E-state index contributed by atoms with van der Waals surface area (Å²) < 4.78 is 0. The monoisotopic (exact) mass is 1000 g/mol. The second-order valence-electron chi connectivity index (χ2n) is 18.5. The Morgan fingerprint density at radius 3 is 1.86 bits per heavy atom. The molecule has 1 aromatic heterocycles. The number of nitrogens with zero attached hydrogens (tertiary/aromatic N) is 1. The Kier molecular flexibility index (Phi) is 21.2. The minimum absolute atomic E-state index is 0.0332. The highest BCUT2D eigenvalue weighted by molar-refractivity contribution is 5.99. The van der Waals surface area contributed by atoms with Gasteiger partial charge in [-0.1, -0.05) is 62.4 Å². The van der Waals surface area contributed by atoms with Crippen LogP contribution in [0.2, 0.25) is 0 Å². The van der Waals surface area contributed by atoms with Crippen molar-refractivity contribution < 1.29 is 58.2 Å². The molecule has 0 radical (unpaired) electrons. The van der Waals surface area contributed by atoms with Gasteiger partial charge in [-0.25, -0.2) is 0 Å². The summed E-state index contributed by atoms with van der Waals surface area (Å²) in [4.78, 5) is 137. The average molecular weight is 1010 g/mol. The lowest BCUT2D eigenvalue weighted by Gasteiger charge is -2.32. The number of H-pyrrole nitrogens is 1. The molecular weight excluding hydrogens is 937 g/mol. The molecule has 4 rings (SSSR count). The first kappa shape index (κ1) is 57.1. The molecule has 17 N–H and O–H groups in total. The first-order chi connectivity index (χ1) is 34.0. The quantitative estimate of drug-likeness (QED) is 0.0355. The molecule has 1 aliphatic rings. The van der Waals surface area contributed by atoms with Crippen LogP contribution in [0.3, 0.4) is 0 Å². The van der Waals surface area contributed by atoms with Crippen molar-refractivity contribution in [2.75, 3.05) is 6.54 Å². The van der Waals surface area contributed by atoms with E-state index >= 15 is 0 Å². The van der Waals surface area contributed by atoms with Crippen LogP contribution < -0.4 is 54.8 Å². The number of likely N-dealkylation sites (tertiary alicyclic amines) is 1. The van der Waals surface area contributed by atoms with Gasteiger partial charge in [0.05, 0.1) is 24.7 Å². The van der Waals surface area contributed by atoms with Gasteiger partial charge in [0.15, 0.2) is 0 Å². The topological polar surface area (TPSA) is 406 Å². The molecule has 2 heterocycles. The van der Waals surface area contributed by atoms with Crippen molar-refractivity contribution in [1.29, 1.82) is 0 Å².